The SMILES string of the molecule is CCC(C=N)c1cc(F)ccc1-c1ncccc1OC. The summed E-state index contributed by atoms with van der Waals surface area (Å²) >= 11 is 0. The quantitative estimate of drug-likeness (QED) is 0.835. The van der Waals surface area contributed by atoms with Crippen molar-refractivity contribution in [2.45, 2.75) is 19.3 Å². The van der Waals surface area contributed by atoms with Crippen LogP contribution in [0.5, 0.6) is 5.75 Å². The molecule has 0 bridgehead atoms. The molecular formula is C16H17FN2O. The lowest BCUT2D eigenvalue weighted by atomic mass is 9.91. The summed E-state index contributed by atoms with van der Waals surface area (Å²) < 4.78 is 18.9. The predicted molar refractivity (Wildman–Crippen MR) is 78.0 cm³/mol. The van der Waals surface area contributed by atoms with Crippen LogP contribution in [-0.4, -0.2) is 18.3 Å². The molecule has 104 valence electrons. The summed E-state index contributed by atoms with van der Waals surface area (Å²) in [7, 11) is 1.58. The molecule has 1 aromatic carbocycles. The van der Waals surface area contributed by atoms with Gasteiger partial charge in [-0.25, -0.2) is 4.39 Å². The average Bonchev–Trinajstić information content (AvgIpc) is 2.49. The van der Waals surface area contributed by atoms with E-state index in [-0.39, 0.29) is 11.7 Å². The molecule has 0 radical (unpaired) electrons. The maximum absolute atomic E-state index is 13.6. The first-order valence-electron chi connectivity index (χ1n) is 6.50. The van der Waals surface area contributed by atoms with Crippen LogP contribution in [0.15, 0.2) is 36.5 Å². The highest BCUT2D eigenvalue weighted by molar-refractivity contribution is 5.76. The van der Waals surface area contributed by atoms with Gasteiger partial charge in [-0.2, -0.15) is 0 Å². The summed E-state index contributed by atoms with van der Waals surface area (Å²) in [6.07, 6.45) is 3.75. The Hall–Kier alpha value is -2.23. The van der Waals surface area contributed by atoms with Crippen LogP contribution in [0.3, 0.4) is 0 Å². The summed E-state index contributed by atoms with van der Waals surface area (Å²) in [5.74, 6) is 0.201. The normalized spacial score (nSPS) is 11.9. The molecule has 3 nitrogen and oxygen atoms in total. The summed E-state index contributed by atoms with van der Waals surface area (Å²) in [5.41, 5.74) is 2.24. The Kier molecular flexibility index (Phi) is 4.45. The van der Waals surface area contributed by atoms with Crippen molar-refractivity contribution in [3.05, 3.63) is 47.9 Å². The lowest BCUT2D eigenvalue weighted by Crippen LogP contribution is -2.03. The molecule has 20 heavy (non-hydrogen) atoms. The number of methoxy groups -OCH3 is 1. The Morgan fingerprint density at radius 1 is 1.40 bits per heavy atom. The van der Waals surface area contributed by atoms with Crippen molar-refractivity contribution in [1.29, 1.82) is 5.41 Å². The first-order chi connectivity index (χ1) is 9.71. The van der Waals surface area contributed by atoms with Crippen LogP contribution in [0.25, 0.3) is 11.3 Å². The third-order valence-electron chi connectivity index (χ3n) is 3.30. The Morgan fingerprint density at radius 3 is 2.85 bits per heavy atom. The smallest absolute Gasteiger partial charge is 0.145 e. The molecule has 0 amide bonds. The molecule has 0 fully saturated rings. The first-order valence-corrected chi connectivity index (χ1v) is 6.50. The van der Waals surface area contributed by atoms with Crippen molar-refractivity contribution in [1.82, 2.24) is 4.98 Å². The van der Waals surface area contributed by atoms with Gasteiger partial charge in [0.15, 0.2) is 0 Å². The second-order valence-electron chi connectivity index (χ2n) is 4.47. The number of halogens is 1. The number of hydrogen-bond acceptors (Lipinski definition) is 3. The zero-order valence-electron chi connectivity index (χ0n) is 11.6. The van der Waals surface area contributed by atoms with E-state index in [9.17, 15) is 4.39 Å². The average molecular weight is 272 g/mol. The van der Waals surface area contributed by atoms with Gasteiger partial charge in [-0.05, 0) is 42.3 Å². The number of nitrogens with zero attached hydrogens (tertiary/aromatic N) is 1. The maximum Gasteiger partial charge on any atom is 0.145 e. The predicted octanol–water partition coefficient (Wildman–Crippen LogP) is 4.04. The minimum absolute atomic E-state index is 0.132. The molecule has 2 aromatic rings. The molecule has 1 aromatic heterocycles. The lowest BCUT2D eigenvalue weighted by Gasteiger charge is -2.16. The molecule has 0 saturated carbocycles. The molecule has 2 rings (SSSR count). The fourth-order valence-electron chi connectivity index (χ4n) is 2.24. The van der Waals surface area contributed by atoms with E-state index in [0.717, 1.165) is 17.5 Å². The van der Waals surface area contributed by atoms with Crippen molar-refractivity contribution in [3.8, 4) is 17.0 Å². The van der Waals surface area contributed by atoms with Crippen LogP contribution in [0.1, 0.15) is 24.8 Å². The molecule has 0 saturated heterocycles. The third-order valence-corrected chi connectivity index (χ3v) is 3.30. The molecule has 4 heteroatoms. The summed E-state index contributed by atoms with van der Waals surface area (Å²) in [4.78, 5) is 4.34. The second kappa shape index (κ2) is 6.28. The number of ether oxygens (including phenoxy) is 1. The van der Waals surface area contributed by atoms with Crippen LogP contribution in [0.4, 0.5) is 4.39 Å². The van der Waals surface area contributed by atoms with Gasteiger partial charge in [-0.3, -0.25) is 4.98 Å². The van der Waals surface area contributed by atoms with Gasteiger partial charge in [0.05, 0.1) is 7.11 Å². The van der Waals surface area contributed by atoms with Gasteiger partial charge in [0.1, 0.15) is 17.3 Å². The monoisotopic (exact) mass is 272 g/mol. The topological polar surface area (TPSA) is 46.0 Å². The fourth-order valence-corrected chi connectivity index (χ4v) is 2.24. The van der Waals surface area contributed by atoms with E-state index in [4.69, 9.17) is 10.1 Å². The number of pyridine rings is 1. The highest BCUT2D eigenvalue weighted by Crippen LogP contribution is 2.34. The standard InChI is InChI=1S/C16H17FN2O/c1-3-11(10-18)14-9-12(17)6-7-13(14)16-15(20-2)5-4-8-19-16/h4-11,18H,3H2,1-2H3. The van der Waals surface area contributed by atoms with Crippen molar-refractivity contribution in [2.24, 2.45) is 0 Å². The number of aromatic nitrogens is 1. The van der Waals surface area contributed by atoms with Crippen LogP contribution in [-0.2, 0) is 0 Å². The van der Waals surface area contributed by atoms with Gasteiger partial charge >= 0.3 is 0 Å². The Labute approximate surface area is 117 Å². The molecular weight excluding hydrogens is 255 g/mol. The van der Waals surface area contributed by atoms with Crippen LogP contribution < -0.4 is 4.74 Å². The molecule has 1 N–H and O–H groups in total. The van der Waals surface area contributed by atoms with Gasteiger partial charge in [0, 0.05) is 23.9 Å². The van der Waals surface area contributed by atoms with E-state index in [2.05, 4.69) is 4.98 Å². The van der Waals surface area contributed by atoms with E-state index in [1.54, 1.807) is 25.4 Å². The fraction of sp³-hybridized carbons (Fsp3) is 0.250. The van der Waals surface area contributed by atoms with Gasteiger partial charge in [0.2, 0.25) is 0 Å². The minimum Gasteiger partial charge on any atom is -0.494 e. The van der Waals surface area contributed by atoms with Gasteiger partial charge in [0.25, 0.3) is 0 Å². The number of rotatable bonds is 5. The van der Waals surface area contributed by atoms with E-state index >= 15 is 0 Å². The number of nitrogens with one attached hydrogen (secondary N) is 1. The van der Waals surface area contributed by atoms with Crippen LogP contribution in [0, 0.1) is 11.2 Å². The van der Waals surface area contributed by atoms with E-state index in [1.165, 1.54) is 18.3 Å². The minimum atomic E-state index is -0.307. The highest BCUT2D eigenvalue weighted by Gasteiger charge is 2.17. The molecule has 0 spiro atoms. The molecule has 1 heterocycles. The summed E-state index contributed by atoms with van der Waals surface area (Å²) in [5, 5.41) is 7.53. The molecule has 0 aliphatic rings. The Bertz CT molecular complexity index is 613. The first kappa shape index (κ1) is 14.2. The second-order valence-corrected chi connectivity index (χ2v) is 4.47. The van der Waals surface area contributed by atoms with Gasteiger partial charge < -0.3 is 10.1 Å². The number of benzene rings is 1. The van der Waals surface area contributed by atoms with Gasteiger partial charge in [-0.15, -0.1) is 0 Å². The summed E-state index contributed by atoms with van der Waals surface area (Å²) in [6.45, 7) is 1.97. The zero-order chi connectivity index (χ0) is 14.5. The Balaban J connectivity index is 2.64. The third kappa shape index (κ3) is 2.69. The van der Waals surface area contributed by atoms with Crippen molar-refractivity contribution in [2.75, 3.05) is 7.11 Å². The lowest BCUT2D eigenvalue weighted by molar-refractivity contribution is 0.414. The maximum atomic E-state index is 13.6. The van der Waals surface area contributed by atoms with Crippen LogP contribution >= 0.6 is 0 Å². The van der Waals surface area contributed by atoms with E-state index in [1.807, 2.05) is 13.0 Å². The zero-order valence-corrected chi connectivity index (χ0v) is 11.6. The van der Waals surface area contributed by atoms with Crippen LogP contribution in [0.2, 0.25) is 0 Å². The van der Waals surface area contributed by atoms with E-state index in [0.29, 0.717) is 11.4 Å². The highest BCUT2D eigenvalue weighted by atomic mass is 19.1. The molecule has 1 unspecified atom stereocenters. The Morgan fingerprint density at radius 2 is 2.20 bits per heavy atom. The van der Waals surface area contributed by atoms with Crippen molar-refractivity contribution in [3.63, 3.8) is 0 Å². The molecule has 0 aliphatic carbocycles. The largest absolute Gasteiger partial charge is 0.494 e. The summed E-state index contributed by atoms with van der Waals surface area (Å²) in [6, 6.07) is 8.19. The van der Waals surface area contributed by atoms with Crippen molar-refractivity contribution >= 4 is 6.21 Å². The van der Waals surface area contributed by atoms with Gasteiger partial charge in [-0.1, -0.05) is 6.92 Å². The molecule has 1 atom stereocenters. The van der Waals surface area contributed by atoms with E-state index < -0.39 is 0 Å². The number of hydrogen-bond donors (Lipinski definition) is 1. The molecule has 0 aliphatic heterocycles. The van der Waals surface area contributed by atoms with Crippen molar-refractivity contribution < 1.29 is 9.13 Å².